The molecule has 0 spiro atoms. The average molecular weight is 235 g/mol. The lowest BCUT2D eigenvalue weighted by Crippen LogP contribution is -1.89. The van der Waals surface area contributed by atoms with E-state index in [1.165, 1.54) is 52.6 Å². The van der Waals surface area contributed by atoms with E-state index in [4.69, 9.17) is 0 Å². The summed E-state index contributed by atoms with van der Waals surface area (Å²) in [6.07, 6.45) is 4.75. The van der Waals surface area contributed by atoms with Crippen molar-refractivity contribution in [2.75, 3.05) is 0 Å². The summed E-state index contributed by atoms with van der Waals surface area (Å²) in [7, 11) is 0. The van der Waals surface area contributed by atoms with E-state index in [0.29, 0.717) is 0 Å². The van der Waals surface area contributed by atoms with E-state index in [1.807, 2.05) is 0 Å². The first kappa shape index (κ1) is 11.5. The molecule has 0 atom stereocenters. The molecule has 0 nitrogen and oxygen atoms in total. The summed E-state index contributed by atoms with van der Waals surface area (Å²) in [5.74, 6) is 0. The first-order valence-electron chi connectivity index (χ1n) is 6.92. The summed E-state index contributed by atoms with van der Waals surface area (Å²) in [5.41, 5.74) is 8.48. The molecule has 2 aromatic rings. The molecule has 91 valence electrons. The second-order valence-corrected chi connectivity index (χ2v) is 5.27. The molecule has 0 amide bonds. The number of unbranched alkanes of at least 4 members (excludes halogenated alkanes) is 1. The van der Waals surface area contributed by atoms with Gasteiger partial charge in [0.05, 0.1) is 0 Å². The summed E-state index contributed by atoms with van der Waals surface area (Å²) in [6.45, 7) is 4.45. The average Bonchev–Trinajstić information content (AvgIpc) is 2.75. The number of rotatable bonds is 3. The molecule has 0 heteroatoms. The summed E-state index contributed by atoms with van der Waals surface area (Å²) in [4.78, 5) is 0. The van der Waals surface area contributed by atoms with Crippen molar-refractivity contribution in [3.8, 4) is 11.1 Å². The van der Waals surface area contributed by atoms with Crippen molar-refractivity contribution in [3.63, 3.8) is 0 Å². The summed E-state index contributed by atoms with van der Waals surface area (Å²) >= 11 is 0. The standard InChI is InChI=1S/C18H19/c1-3-4-7-14-9-10-17-16(11-14)12-15-8-5-6-13(2)18(15)17/h5-6,8-10H,3-4,7,12H2,1-2H3. The molecule has 0 saturated heterocycles. The minimum atomic E-state index is 1.06. The normalized spacial score (nSPS) is 12.3. The highest BCUT2D eigenvalue weighted by molar-refractivity contribution is 5.79. The molecule has 1 radical (unpaired) electrons. The Bertz CT molecular complexity index is 579. The van der Waals surface area contributed by atoms with Crippen LogP contribution in [0.1, 0.15) is 42.0 Å². The number of benzene rings is 2. The predicted octanol–water partition coefficient (Wildman–Crippen LogP) is 4.71. The molecule has 2 aromatic carbocycles. The molecule has 0 heterocycles. The van der Waals surface area contributed by atoms with E-state index in [9.17, 15) is 0 Å². The topological polar surface area (TPSA) is 0 Å². The van der Waals surface area contributed by atoms with Gasteiger partial charge in [-0.05, 0) is 65.6 Å². The van der Waals surface area contributed by atoms with Crippen LogP contribution in [-0.2, 0) is 12.8 Å². The Labute approximate surface area is 110 Å². The Balaban J connectivity index is 2.00. The van der Waals surface area contributed by atoms with Gasteiger partial charge in [0.15, 0.2) is 0 Å². The van der Waals surface area contributed by atoms with Gasteiger partial charge in [-0.25, -0.2) is 0 Å². The van der Waals surface area contributed by atoms with E-state index < -0.39 is 0 Å². The van der Waals surface area contributed by atoms with Crippen LogP contribution in [0.3, 0.4) is 0 Å². The Hall–Kier alpha value is -1.56. The zero-order valence-electron chi connectivity index (χ0n) is 11.2. The molecule has 1 aliphatic rings. The van der Waals surface area contributed by atoms with Gasteiger partial charge in [-0.1, -0.05) is 43.7 Å². The van der Waals surface area contributed by atoms with Crippen molar-refractivity contribution in [1.82, 2.24) is 0 Å². The molecular formula is C18H19. The van der Waals surface area contributed by atoms with E-state index in [0.717, 1.165) is 6.42 Å². The molecule has 0 aromatic heterocycles. The predicted molar refractivity (Wildman–Crippen MR) is 76.9 cm³/mol. The molecule has 0 fully saturated rings. The second kappa shape index (κ2) is 4.61. The molecule has 18 heavy (non-hydrogen) atoms. The van der Waals surface area contributed by atoms with E-state index in [2.05, 4.69) is 50.2 Å². The second-order valence-electron chi connectivity index (χ2n) is 5.27. The highest BCUT2D eigenvalue weighted by atomic mass is 14.2. The number of hydrogen-bond donors (Lipinski definition) is 0. The minimum Gasteiger partial charge on any atom is -0.0654 e. The van der Waals surface area contributed by atoms with E-state index >= 15 is 0 Å². The van der Waals surface area contributed by atoms with Gasteiger partial charge in [0, 0.05) is 0 Å². The largest absolute Gasteiger partial charge is 0.0654 e. The third kappa shape index (κ3) is 1.86. The van der Waals surface area contributed by atoms with Crippen LogP contribution in [0.5, 0.6) is 0 Å². The maximum absolute atomic E-state index is 3.63. The van der Waals surface area contributed by atoms with Crippen LogP contribution in [0.2, 0.25) is 0 Å². The van der Waals surface area contributed by atoms with Crippen molar-refractivity contribution in [3.05, 3.63) is 58.7 Å². The van der Waals surface area contributed by atoms with Crippen LogP contribution >= 0.6 is 0 Å². The first-order valence-corrected chi connectivity index (χ1v) is 6.92. The van der Waals surface area contributed by atoms with Crippen LogP contribution < -0.4 is 0 Å². The first-order chi connectivity index (χ1) is 8.79. The monoisotopic (exact) mass is 235 g/mol. The van der Waals surface area contributed by atoms with Crippen molar-refractivity contribution in [2.45, 2.75) is 39.5 Å². The fourth-order valence-corrected chi connectivity index (χ4v) is 2.93. The molecular weight excluding hydrogens is 216 g/mol. The third-order valence-corrected chi connectivity index (χ3v) is 3.88. The Morgan fingerprint density at radius 3 is 2.89 bits per heavy atom. The van der Waals surface area contributed by atoms with Gasteiger partial charge in [0.2, 0.25) is 0 Å². The fraction of sp³-hybridized carbons (Fsp3) is 0.333. The lowest BCUT2D eigenvalue weighted by molar-refractivity contribution is 0.793. The number of fused-ring (bicyclic) bond motifs is 3. The van der Waals surface area contributed by atoms with Crippen LogP contribution in [0.15, 0.2) is 30.3 Å². The maximum Gasteiger partial charge on any atom is -0.000708 e. The SMILES string of the molecule is CCCCc1[c]c2c(cc1)-c1c(C)cccc1C2. The molecule has 3 rings (SSSR count). The number of hydrogen-bond acceptors (Lipinski definition) is 0. The highest BCUT2D eigenvalue weighted by Gasteiger charge is 2.19. The number of aryl methyl sites for hydroxylation is 2. The molecule has 0 saturated carbocycles. The highest BCUT2D eigenvalue weighted by Crippen LogP contribution is 2.38. The zero-order valence-corrected chi connectivity index (χ0v) is 11.2. The van der Waals surface area contributed by atoms with E-state index in [-0.39, 0.29) is 0 Å². The summed E-state index contributed by atoms with van der Waals surface area (Å²) in [6, 6.07) is 14.8. The van der Waals surface area contributed by atoms with Gasteiger partial charge in [-0.3, -0.25) is 0 Å². The summed E-state index contributed by atoms with van der Waals surface area (Å²) in [5, 5.41) is 0. The van der Waals surface area contributed by atoms with Crippen LogP contribution in [0.4, 0.5) is 0 Å². The van der Waals surface area contributed by atoms with Gasteiger partial charge in [0.1, 0.15) is 0 Å². The quantitative estimate of drug-likeness (QED) is 0.616. The maximum atomic E-state index is 3.63. The van der Waals surface area contributed by atoms with Crippen LogP contribution in [0, 0.1) is 13.0 Å². The minimum absolute atomic E-state index is 1.06. The van der Waals surface area contributed by atoms with Crippen LogP contribution in [-0.4, -0.2) is 0 Å². The van der Waals surface area contributed by atoms with E-state index in [1.54, 1.807) is 0 Å². The van der Waals surface area contributed by atoms with Crippen molar-refractivity contribution >= 4 is 0 Å². The van der Waals surface area contributed by atoms with Gasteiger partial charge in [0.25, 0.3) is 0 Å². The van der Waals surface area contributed by atoms with Gasteiger partial charge in [-0.2, -0.15) is 0 Å². The lowest BCUT2D eigenvalue weighted by atomic mass is 9.98. The third-order valence-electron chi connectivity index (χ3n) is 3.88. The smallest absolute Gasteiger partial charge is 0.000708 e. The Morgan fingerprint density at radius 1 is 1.17 bits per heavy atom. The lowest BCUT2D eigenvalue weighted by Gasteiger charge is -2.06. The van der Waals surface area contributed by atoms with Crippen molar-refractivity contribution in [2.24, 2.45) is 0 Å². The van der Waals surface area contributed by atoms with Gasteiger partial charge in [-0.15, -0.1) is 0 Å². The molecule has 0 unspecified atom stereocenters. The van der Waals surface area contributed by atoms with Crippen LogP contribution in [0.25, 0.3) is 11.1 Å². The van der Waals surface area contributed by atoms with Crippen molar-refractivity contribution < 1.29 is 0 Å². The Morgan fingerprint density at radius 2 is 2.06 bits per heavy atom. The zero-order chi connectivity index (χ0) is 12.5. The summed E-state index contributed by atoms with van der Waals surface area (Å²) < 4.78 is 0. The molecule has 0 bridgehead atoms. The molecule has 0 aliphatic heterocycles. The Kier molecular flexibility index (Phi) is 2.95. The van der Waals surface area contributed by atoms with Gasteiger partial charge >= 0.3 is 0 Å². The van der Waals surface area contributed by atoms with Crippen molar-refractivity contribution in [1.29, 1.82) is 0 Å². The van der Waals surface area contributed by atoms with Gasteiger partial charge < -0.3 is 0 Å². The molecule has 1 aliphatic carbocycles. The fourth-order valence-electron chi connectivity index (χ4n) is 2.93. The molecule has 0 N–H and O–H groups in total.